The van der Waals surface area contributed by atoms with E-state index in [4.69, 9.17) is 22.6 Å². The van der Waals surface area contributed by atoms with Crippen molar-refractivity contribution in [2.75, 3.05) is 5.73 Å². The molecule has 2 N–H and O–H groups in total. The van der Waals surface area contributed by atoms with Gasteiger partial charge < -0.3 is 5.73 Å². The predicted octanol–water partition coefficient (Wildman–Crippen LogP) is 1.31. The van der Waals surface area contributed by atoms with E-state index in [9.17, 15) is 20.2 Å². The van der Waals surface area contributed by atoms with Crippen LogP contribution in [0.3, 0.4) is 0 Å². The first-order valence-corrected chi connectivity index (χ1v) is 5.15. The van der Waals surface area contributed by atoms with Crippen molar-refractivity contribution in [3.8, 4) is 6.07 Å². The van der Waals surface area contributed by atoms with Crippen LogP contribution >= 0.6 is 11.6 Å². The molecule has 20 heavy (non-hydrogen) atoms. The minimum atomic E-state index is -0.836. The fourth-order valence-corrected chi connectivity index (χ4v) is 1.51. The number of aromatic nitrogens is 3. The Morgan fingerprint density at radius 2 is 2.00 bits per heavy atom. The largest absolute Gasteiger partial charge is 0.378 e. The van der Waals surface area contributed by atoms with Crippen molar-refractivity contribution in [2.24, 2.45) is 0 Å². The zero-order valence-corrected chi connectivity index (χ0v) is 10.6. The Kier molecular flexibility index (Phi) is 4.34. The molecule has 0 unspecified atom stereocenters. The third-order valence-electron chi connectivity index (χ3n) is 1.97. The number of hydrogen-bond acceptors (Lipinski definition) is 8. The molecule has 2 aromatic heterocycles. The van der Waals surface area contributed by atoms with E-state index in [2.05, 4.69) is 10.1 Å². The molecule has 0 atom stereocenters. The van der Waals surface area contributed by atoms with E-state index >= 15 is 0 Å². The maximum absolute atomic E-state index is 10.7. The van der Waals surface area contributed by atoms with Gasteiger partial charge in [-0.05, 0) is 0 Å². The molecule has 0 radical (unpaired) electrons. The molecule has 12 heteroatoms. The first kappa shape index (κ1) is 15.1. The highest BCUT2D eigenvalue weighted by Crippen LogP contribution is 2.31. The van der Waals surface area contributed by atoms with Crippen LogP contribution in [0.25, 0.3) is 5.65 Å². The van der Waals surface area contributed by atoms with Crippen LogP contribution in [-0.4, -0.2) is 24.4 Å². The molecule has 11 nitrogen and oxygen atoms in total. The van der Waals surface area contributed by atoms with E-state index in [1.807, 2.05) is 0 Å². The van der Waals surface area contributed by atoms with Crippen molar-refractivity contribution in [3.63, 3.8) is 0 Å². The highest BCUT2D eigenvalue weighted by molar-refractivity contribution is 6.32. The summed E-state index contributed by atoms with van der Waals surface area (Å²) in [5.74, 6) is -0.418. The maximum Gasteiger partial charge on any atom is 0.348 e. The summed E-state index contributed by atoms with van der Waals surface area (Å²) in [4.78, 5) is 23.2. The summed E-state index contributed by atoms with van der Waals surface area (Å²) in [7, 11) is 0. The summed E-state index contributed by atoms with van der Waals surface area (Å²) < 4.78 is 0.794. The fraction of sp³-hybridized carbons (Fsp3) is 0.125. The van der Waals surface area contributed by atoms with Crippen LogP contribution in [0.5, 0.6) is 0 Å². The van der Waals surface area contributed by atoms with Gasteiger partial charge in [0.1, 0.15) is 6.20 Å². The summed E-state index contributed by atoms with van der Waals surface area (Å²) >= 11 is 5.54. The van der Waals surface area contributed by atoms with E-state index in [-0.39, 0.29) is 5.65 Å². The number of nitrogens with two attached hydrogens (primary N) is 1. The molecule has 0 saturated carbocycles. The van der Waals surface area contributed by atoms with E-state index in [1.54, 1.807) is 6.07 Å². The lowest BCUT2D eigenvalue weighted by atomic mass is 10.4. The van der Waals surface area contributed by atoms with Gasteiger partial charge in [0, 0.05) is 6.92 Å². The summed E-state index contributed by atoms with van der Waals surface area (Å²) in [6.07, 6.45) is 0.888. The molecule has 0 aliphatic rings. The highest BCUT2D eigenvalue weighted by Gasteiger charge is 2.27. The van der Waals surface area contributed by atoms with Gasteiger partial charge in [-0.25, -0.2) is 4.98 Å². The van der Waals surface area contributed by atoms with E-state index in [1.165, 1.54) is 6.92 Å². The first-order chi connectivity index (χ1) is 9.34. The number of nitrogen functional groups attached to an aromatic ring is 1. The van der Waals surface area contributed by atoms with Crippen LogP contribution in [0.2, 0.25) is 5.15 Å². The monoisotopic (exact) mass is 299 g/mol. The second-order valence-electron chi connectivity index (χ2n) is 3.14. The number of nitro groups is 2. The van der Waals surface area contributed by atoms with E-state index < -0.39 is 32.2 Å². The summed E-state index contributed by atoms with van der Waals surface area (Å²) in [5.41, 5.74) is 4.12. The Labute approximate surface area is 115 Å². The molecular weight excluding hydrogens is 294 g/mol. The average molecular weight is 300 g/mol. The fourth-order valence-electron chi connectivity index (χ4n) is 1.26. The number of nitrogens with zero attached hydrogens (tertiary/aromatic N) is 6. The number of nitriles is 1. The Hall–Kier alpha value is -3.00. The summed E-state index contributed by atoms with van der Waals surface area (Å²) in [6.45, 7) is 1.43. The van der Waals surface area contributed by atoms with Gasteiger partial charge in [0.25, 0.3) is 0 Å². The molecule has 2 rings (SSSR count). The van der Waals surface area contributed by atoms with Crippen LogP contribution in [0.1, 0.15) is 6.92 Å². The Balaban J connectivity index is 0.000000612. The highest BCUT2D eigenvalue weighted by atomic mass is 35.5. The minimum Gasteiger partial charge on any atom is -0.378 e. The SMILES string of the molecule is CC#N.Nc1c([N+](=O)[O-])c(Cl)nc2c([N+](=O)[O-])cnn12. The molecule has 0 aliphatic heterocycles. The van der Waals surface area contributed by atoms with Crippen molar-refractivity contribution in [2.45, 2.75) is 6.92 Å². The number of anilines is 1. The van der Waals surface area contributed by atoms with Gasteiger partial charge in [0.15, 0.2) is 0 Å². The normalized spacial score (nSPS) is 9.45. The van der Waals surface area contributed by atoms with Crippen molar-refractivity contribution in [3.05, 3.63) is 31.6 Å². The molecule has 0 saturated heterocycles. The molecule has 0 bridgehead atoms. The maximum atomic E-state index is 10.7. The quantitative estimate of drug-likeness (QED) is 0.492. The number of halogens is 1. The molecule has 0 amide bonds. The minimum absolute atomic E-state index is 0.247. The third-order valence-corrected chi connectivity index (χ3v) is 2.24. The Morgan fingerprint density at radius 3 is 2.45 bits per heavy atom. The number of rotatable bonds is 2. The molecule has 0 aliphatic carbocycles. The van der Waals surface area contributed by atoms with Gasteiger partial charge in [0.2, 0.25) is 16.6 Å². The van der Waals surface area contributed by atoms with Crippen molar-refractivity contribution >= 4 is 34.4 Å². The zero-order valence-electron chi connectivity index (χ0n) is 9.85. The molecule has 0 spiro atoms. The van der Waals surface area contributed by atoms with Crippen molar-refractivity contribution in [1.29, 1.82) is 5.26 Å². The van der Waals surface area contributed by atoms with Crippen molar-refractivity contribution < 1.29 is 9.85 Å². The molecule has 0 aromatic carbocycles. The molecule has 2 aromatic rings. The van der Waals surface area contributed by atoms with E-state index in [0.717, 1.165) is 10.7 Å². The van der Waals surface area contributed by atoms with Gasteiger partial charge in [-0.3, -0.25) is 20.2 Å². The second kappa shape index (κ2) is 5.76. The van der Waals surface area contributed by atoms with Crippen molar-refractivity contribution in [1.82, 2.24) is 14.6 Å². The molecule has 2 heterocycles. The summed E-state index contributed by atoms with van der Waals surface area (Å²) in [5, 5.41) is 31.6. The smallest absolute Gasteiger partial charge is 0.348 e. The number of hydrogen-bond donors (Lipinski definition) is 1. The predicted molar refractivity (Wildman–Crippen MR) is 67.0 cm³/mol. The van der Waals surface area contributed by atoms with Gasteiger partial charge in [0.05, 0.1) is 15.9 Å². The molecule has 104 valence electrons. The molecular formula is C8H6ClN7O4. The van der Waals surface area contributed by atoms with Crippen LogP contribution in [0, 0.1) is 31.6 Å². The van der Waals surface area contributed by atoms with Crippen LogP contribution < -0.4 is 5.73 Å². The summed E-state index contributed by atoms with van der Waals surface area (Å²) in [6, 6.07) is 1.75. The van der Waals surface area contributed by atoms with Gasteiger partial charge in [-0.1, -0.05) is 11.6 Å². The lowest BCUT2D eigenvalue weighted by Crippen LogP contribution is -2.06. The topological polar surface area (TPSA) is 166 Å². The van der Waals surface area contributed by atoms with Gasteiger partial charge in [-0.15, -0.1) is 0 Å². The standard InChI is InChI=1S/C6H3ClN6O4.C2H3N/c7-4-3(13(16)17)5(8)11-6(10-4)2(1-9-11)12(14)15;1-2-3/h1H,8H2;1H3. The second-order valence-corrected chi connectivity index (χ2v) is 3.50. The van der Waals surface area contributed by atoms with E-state index in [0.29, 0.717) is 0 Å². The Bertz CT molecular complexity index is 734. The van der Waals surface area contributed by atoms with Crippen LogP contribution in [0.15, 0.2) is 6.20 Å². The average Bonchev–Trinajstić information content (AvgIpc) is 2.73. The Morgan fingerprint density at radius 1 is 1.45 bits per heavy atom. The van der Waals surface area contributed by atoms with Gasteiger partial charge in [-0.2, -0.15) is 14.9 Å². The van der Waals surface area contributed by atoms with Crippen LogP contribution in [-0.2, 0) is 0 Å². The van der Waals surface area contributed by atoms with Crippen LogP contribution in [0.4, 0.5) is 17.2 Å². The first-order valence-electron chi connectivity index (χ1n) is 4.77. The lowest BCUT2D eigenvalue weighted by Gasteiger charge is -2.00. The lowest BCUT2D eigenvalue weighted by molar-refractivity contribution is -0.384. The zero-order chi connectivity index (χ0) is 15.4. The third kappa shape index (κ3) is 2.54. The molecule has 0 fully saturated rings. The number of fused-ring (bicyclic) bond motifs is 1. The van der Waals surface area contributed by atoms with Gasteiger partial charge >= 0.3 is 11.4 Å².